The Labute approximate surface area is 209 Å². The molecule has 5 aliphatic carbocycles. The number of hydrogen-bond acceptors (Lipinski definition) is 4. The van der Waals surface area contributed by atoms with Crippen LogP contribution >= 0.6 is 0 Å². The molecular formula is C29H41N2O4+. The molecule has 2 heterocycles. The molecule has 35 heavy (non-hydrogen) atoms. The van der Waals surface area contributed by atoms with Crippen molar-refractivity contribution in [1.82, 2.24) is 0 Å². The molecule has 4 saturated carbocycles. The molecule has 1 aromatic carbocycles. The van der Waals surface area contributed by atoms with Gasteiger partial charge in [0.2, 0.25) is 0 Å². The summed E-state index contributed by atoms with van der Waals surface area (Å²) < 4.78 is 21.0. The summed E-state index contributed by atoms with van der Waals surface area (Å²) in [6, 6.07) is 4.66. The Balaban J connectivity index is 1.51. The van der Waals surface area contributed by atoms with Crippen LogP contribution in [0.5, 0.6) is 5.75 Å². The van der Waals surface area contributed by atoms with E-state index in [1.807, 2.05) is 20.3 Å². The van der Waals surface area contributed by atoms with Crippen molar-refractivity contribution >= 4 is 5.91 Å². The molecular weight excluding hydrogens is 440 g/mol. The van der Waals surface area contributed by atoms with Crippen molar-refractivity contribution in [2.24, 2.45) is 23.0 Å². The molecule has 7 unspecified atom stereocenters. The summed E-state index contributed by atoms with van der Waals surface area (Å²) >= 11 is 0. The zero-order valence-corrected chi connectivity index (χ0v) is 22.0. The average Bonchev–Trinajstić information content (AvgIpc) is 3.57. The van der Waals surface area contributed by atoms with Crippen molar-refractivity contribution in [1.29, 1.82) is 0 Å². The molecule has 0 aromatic heterocycles. The average molecular weight is 482 g/mol. The molecule has 4 bridgehead atoms. The van der Waals surface area contributed by atoms with Crippen LogP contribution in [0.3, 0.4) is 0 Å². The van der Waals surface area contributed by atoms with E-state index in [2.05, 4.69) is 27.0 Å². The van der Waals surface area contributed by atoms with Crippen LogP contribution < -0.4 is 10.5 Å². The predicted molar refractivity (Wildman–Crippen MR) is 132 cm³/mol. The molecule has 5 fully saturated rings. The number of carbonyl (C=O) groups excluding carboxylic acids is 1. The number of primary amides is 1. The molecule has 2 spiro atoms. The summed E-state index contributed by atoms with van der Waals surface area (Å²) in [5, 5.41) is 0. The fraction of sp³-hybridized carbons (Fsp3) is 0.759. The number of fused-ring (bicyclic) bond motifs is 2. The fourth-order valence-corrected chi connectivity index (χ4v) is 10.3. The minimum Gasteiger partial charge on any atom is -0.485 e. The lowest BCUT2D eigenvalue weighted by atomic mass is 9.33. The van der Waals surface area contributed by atoms with E-state index in [0.29, 0.717) is 11.6 Å². The smallest absolute Gasteiger partial charge is 0.252 e. The largest absolute Gasteiger partial charge is 0.485 e. The van der Waals surface area contributed by atoms with Crippen LogP contribution in [-0.4, -0.2) is 68.1 Å². The number of methoxy groups -OCH3 is 2. The summed E-state index contributed by atoms with van der Waals surface area (Å²) in [6.45, 7) is 6.91. The first-order valence-corrected chi connectivity index (χ1v) is 13.7. The van der Waals surface area contributed by atoms with Gasteiger partial charge < -0.3 is 24.4 Å². The minimum absolute atomic E-state index is 0.106. The lowest BCUT2D eigenvalue weighted by molar-refractivity contribution is -0.952. The number of hydrogen-bond donors (Lipinski definition) is 1. The first kappa shape index (κ1) is 22.6. The van der Waals surface area contributed by atoms with Gasteiger partial charge in [-0.15, -0.1) is 0 Å². The molecule has 7 atom stereocenters. The molecule has 190 valence electrons. The quantitative estimate of drug-likeness (QED) is 0.631. The van der Waals surface area contributed by atoms with Crippen molar-refractivity contribution in [3.8, 4) is 5.75 Å². The predicted octanol–water partition coefficient (Wildman–Crippen LogP) is 3.58. The number of benzene rings is 1. The van der Waals surface area contributed by atoms with Crippen molar-refractivity contribution in [3.63, 3.8) is 0 Å². The van der Waals surface area contributed by atoms with Crippen LogP contribution in [0.4, 0.5) is 0 Å². The van der Waals surface area contributed by atoms with E-state index in [1.165, 1.54) is 41.5 Å². The van der Waals surface area contributed by atoms with Gasteiger partial charge in [0, 0.05) is 49.9 Å². The maximum atomic E-state index is 12.6. The summed E-state index contributed by atoms with van der Waals surface area (Å²) in [4.78, 5) is 12.6. The van der Waals surface area contributed by atoms with Crippen LogP contribution in [0, 0.1) is 17.3 Å². The number of nitrogens with two attached hydrogens (primary N) is 1. The van der Waals surface area contributed by atoms with Gasteiger partial charge in [0.1, 0.15) is 17.5 Å². The second-order valence-corrected chi connectivity index (χ2v) is 13.5. The van der Waals surface area contributed by atoms with E-state index in [0.717, 1.165) is 43.8 Å². The standard InChI is InChI=1S/C29H40N2O4/c1-26(2,33-4)20-15-27-10-11-29(20,34-5)25-28(27)12-13-31(3,16-17-6-7-17)21(27)14-18-8-9-19(24(30)32)23(35-25)22(18)28/h8-9,17,20-21,25H,6-7,10-16H2,1-5H3,(H-,30,32)/p+1. The van der Waals surface area contributed by atoms with E-state index < -0.39 is 11.5 Å². The number of quaternary nitrogens is 1. The van der Waals surface area contributed by atoms with Crippen molar-refractivity contribution in [3.05, 3.63) is 28.8 Å². The van der Waals surface area contributed by atoms with Crippen molar-refractivity contribution in [2.75, 3.05) is 34.4 Å². The number of piperidine rings is 1. The Morgan fingerprint density at radius 3 is 2.66 bits per heavy atom. The zero-order valence-electron chi connectivity index (χ0n) is 22.0. The van der Waals surface area contributed by atoms with Gasteiger partial charge in [0.05, 0.1) is 42.8 Å². The topological polar surface area (TPSA) is 70.8 Å². The van der Waals surface area contributed by atoms with E-state index in [4.69, 9.17) is 19.9 Å². The van der Waals surface area contributed by atoms with Gasteiger partial charge in [-0.25, -0.2) is 0 Å². The highest BCUT2D eigenvalue weighted by molar-refractivity contribution is 5.97. The first-order chi connectivity index (χ1) is 16.6. The second-order valence-electron chi connectivity index (χ2n) is 13.5. The molecule has 7 aliphatic rings. The molecule has 6 nitrogen and oxygen atoms in total. The number of likely N-dealkylation sites (tertiary alicyclic amines) is 1. The van der Waals surface area contributed by atoms with Gasteiger partial charge in [0.25, 0.3) is 5.91 Å². The third-order valence-corrected chi connectivity index (χ3v) is 12.0. The van der Waals surface area contributed by atoms with Crippen LogP contribution in [0.2, 0.25) is 0 Å². The summed E-state index contributed by atoms with van der Waals surface area (Å²) in [7, 11) is 6.25. The van der Waals surface area contributed by atoms with E-state index in [1.54, 1.807) is 0 Å². The molecule has 1 saturated heterocycles. The Hall–Kier alpha value is -1.63. The van der Waals surface area contributed by atoms with Crippen molar-refractivity contribution in [2.45, 2.75) is 87.6 Å². The van der Waals surface area contributed by atoms with Gasteiger partial charge in [-0.1, -0.05) is 6.07 Å². The van der Waals surface area contributed by atoms with Gasteiger partial charge in [-0.05, 0) is 57.6 Å². The molecule has 1 amide bonds. The molecule has 6 heteroatoms. The van der Waals surface area contributed by atoms with Gasteiger partial charge in [0.15, 0.2) is 0 Å². The molecule has 2 aliphatic heterocycles. The van der Waals surface area contributed by atoms with Gasteiger partial charge in [-0.2, -0.15) is 0 Å². The van der Waals surface area contributed by atoms with Crippen molar-refractivity contribution < 1.29 is 23.5 Å². The summed E-state index contributed by atoms with van der Waals surface area (Å²) in [5.41, 5.74) is 8.31. The molecule has 0 radical (unpaired) electrons. The van der Waals surface area contributed by atoms with Crippen LogP contribution in [-0.2, 0) is 21.3 Å². The third-order valence-electron chi connectivity index (χ3n) is 12.0. The SMILES string of the molecule is COC(C)(C)C1CC23CCC1(OC)C1Oc4c(C(N)=O)ccc5c4C12CC[N+](C)(CC1CC1)C3C5. The number of carbonyl (C=O) groups is 1. The van der Waals surface area contributed by atoms with E-state index in [-0.39, 0.29) is 28.5 Å². The highest BCUT2D eigenvalue weighted by Crippen LogP contribution is 2.77. The third kappa shape index (κ3) is 2.41. The number of nitrogens with zero attached hydrogens (tertiary/aromatic N) is 1. The summed E-state index contributed by atoms with van der Waals surface area (Å²) in [6.07, 6.45) is 8.02. The van der Waals surface area contributed by atoms with Gasteiger partial charge in [-0.3, -0.25) is 4.79 Å². The molecule has 2 N–H and O–H groups in total. The highest BCUT2D eigenvalue weighted by Gasteiger charge is 2.84. The molecule has 1 aromatic rings. The Bertz CT molecular complexity index is 1130. The lowest BCUT2D eigenvalue weighted by Gasteiger charge is -2.75. The van der Waals surface area contributed by atoms with Crippen LogP contribution in [0.15, 0.2) is 12.1 Å². The molecule has 8 rings (SSSR count). The van der Waals surface area contributed by atoms with E-state index in [9.17, 15) is 4.79 Å². The monoisotopic (exact) mass is 481 g/mol. The fourth-order valence-electron chi connectivity index (χ4n) is 10.3. The van der Waals surface area contributed by atoms with Crippen LogP contribution in [0.25, 0.3) is 0 Å². The van der Waals surface area contributed by atoms with Crippen LogP contribution in [0.1, 0.15) is 73.9 Å². The van der Waals surface area contributed by atoms with Gasteiger partial charge >= 0.3 is 0 Å². The zero-order chi connectivity index (χ0) is 24.6. The number of likely N-dealkylation sites (N-methyl/N-ethyl adjacent to an activating group) is 1. The highest BCUT2D eigenvalue weighted by atomic mass is 16.6. The second kappa shape index (κ2) is 6.62. The Morgan fingerprint density at radius 1 is 1.23 bits per heavy atom. The first-order valence-electron chi connectivity index (χ1n) is 13.7. The number of rotatable bonds is 6. The minimum atomic E-state index is -0.453. The maximum absolute atomic E-state index is 12.6. The maximum Gasteiger partial charge on any atom is 0.252 e. The lowest BCUT2D eigenvalue weighted by Crippen LogP contribution is -2.84. The normalized spacial score (nSPS) is 44.7. The Kier molecular flexibility index (Phi) is 4.27. The number of ether oxygens (including phenoxy) is 3. The summed E-state index contributed by atoms with van der Waals surface area (Å²) in [5.74, 6) is 1.46. The number of amides is 1. The van der Waals surface area contributed by atoms with E-state index >= 15 is 0 Å². The Morgan fingerprint density at radius 2 is 2.00 bits per heavy atom.